The van der Waals surface area contributed by atoms with E-state index >= 15 is 0 Å². The Morgan fingerprint density at radius 2 is 2.00 bits per heavy atom. The summed E-state index contributed by atoms with van der Waals surface area (Å²) in [7, 11) is 0. The largest absolute Gasteiger partial charge is 0.491 e. The highest BCUT2D eigenvalue weighted by atomic mass is 35.5. The van der Waals surface area contributed by atoms with Crippen molar-refractivity contribution in [3.8, 4) is 0 Å². The molecular weight excluding hydrogens is 346 g/mol. The summed E-state index contributed by atoms with van der Waals surface area (Å²) in [6, 6.07) is 0.835. The Hall–Kier alpha value is -1.94. The van der Waals surface area contributed by atoms with Gasteiger partial charge in [0, 0.05) is 12.1 Å². The molecule has 1 aromatic heterocycles. The summed E-state index contributed by atoms with van der Waals surface area (Å²) in [6.45, 7) is 0. The number of esters is 1. The second-order valence-corrected chi connectivity index (χ2v) is 5.33. The van der Waals surface area contributed by atoms with Gasteiger partial charge in [-0.3, -0.25) is 10.5 Å². The number of aromatic nitrogens is 1. The number of pyridine rings is 1. The van der Waals surface area contributed by atoms with Crippen LogP contribution in [-0.4, -0.2) is 28.8 Å². The van der Waals surface area contributed by atoms with Crippen molar-refractivity contribution in [1.29, 1.82) is 0 Å². The fraction of sp³-hybridized carbons (Fsp3) is 0.417. The molecule has 1 saturated carbocycles. The van der Waals surface area contributed by atoms with Gasteiger partial charge in [0.25, 0.3) is 5.91 Å². The average molecular weight is 356 g/mol. The lowest BCUT2D eigenvalue weighted by Gasteiger charge is -2.28. The van der Waals surface area contributed by atoms with Crippen LogP contribution in [0, 0.1) is 11.7 Å². The summed E-state index contributed by atoms with van der Waals surface area (Å²) in [4.78, 5) is 26.5. The summed E-state index contributed by atoms with van der Waals surface area (Å²) >= 11 is 5.49. The fourth-order valence-corrected chi connectivity index (χ4v) is 1.89. The Kier molecular flexibility index (Phi) is 4.49. The number of halogens is 5. The number of hydrogen-bond acceptors (Lipinski definition) is 5. The molecule has 1 fully saturated rings. The third-order valence-electron chi connectivity index (χ3n) is 3.07. The highest BCUT2D eigenvalue weighted by Gasteiger charge is 2.55. The van der Waals surface area contributed by atoms with E-state index < -0.39 is 41.3 Å². The van der Waals surface area contributed by atoms with Crippen LogP contribution in [0.2, 0.25) is 5.02 Å². The lowest BCUT2D eigenvalue weighted by atomic mass is 10.1. The predicted octanol–water partition coefficient (Wildman–Crippen LogP) is 1.98. The summed E-state index contributed by atoms with van der Waals surface area (Å²) in [5.74, 6) is -6.34. The first-order valence-corrected chi connectivity index (χ1v) is 6.63. The van der Waals surface area contributed by atoms with E-state index in [1.54, 1.807) is 0 Å². The molecule has 1 amide bonds. The second-order valence-electron chi connectivity index (χ2n) is 4.89. The lowest BCUT2D eigenvalue weighted by molar-refractivity contribution is -0.215. The van der Waals surface area contributed by atoms with Gasteiger partial charge in [0.15, 0.2) is 11.6 Å². The van der Waals surface area contributed by atoms with Gasteiger partial charge < -0.3 is 10.1 Å². The number of amides is 1. The minimum Gasteiger partial charge on any atom is -0.427 e. The van der Waals surface area contributed by atoms with E-state index in [-0.39, 0.29) is 17.9 Å². The topological polar surface area (TPSA) is 94.3 Å². The van der Waals surface area contributed by atoms with Crippen molar-refractivity contribution in [3.63, 3.8) is 0 Å². The Morgan fingerprint density at radius 1 is 1.39 bits per heavy atom. The monoisotopic (exact) mass is 355 g/mol. The number of carbonyl (C=O) groups is 2. The van der Waals surface area contributed by atoms with Crippen molar-refractivity contribution in [2.24, 2.45) is 11.7 Å². The number of hydrogen-bond donors (Lipinski definition) is 2. The van der Waals surface area contributed by atoms with Crippen LogP contribution in [-0.2, 0) is 14.3 Å². The van der Waals surface area contributed by atoms with E-state index in [0.717, 1.165) is 12.3 Å². The molecule has 1 heterocycles. The van der Waals surface area contributed by atoms with E-state index in [9.17, 15) is 27.2 Å². The molecule has 0 radical (unpaired) electrons. The van der Waals surface area contributed by atoms with Crippen LogP contribution in [0.3, 0.4) is 0 Å². The first-order chi connectivity index (χ1) is 10.5. The molecule has 0 spiro atoms. The van der Waals surface area contributed by atoms with Crippen LogP contribution < -0.4 is 11.1 Å². The standard InChI is InChI=1S/C12H10ClF4N3O3/c13-6-3-7(14)8(19-4-6)20-9(21)11(18,5-1-2-5)23-10(22)12(15,16)17/h3-5H,1-2,18H2,(H,19,20,21)/t11-/m0/s1. The highest BCUT2D eigenvalue weighted by molar-refractivity contribution is 6.30. The molecule has 2 rings (SSSR count). The highest BCUT2D eigenvalue weighted by Crippen LogP contribution is 2.40. The molecule has 1 aliphatic rings. The number of rotatable bonds is 4. The van der Waals surface area contributed by atoms with Crippen molar-refractivity contribution in [1.82, 2.24) is 4.98 Å². The van der Waals surface area contributed by atoms with Gasteiger partial charge in [-0.1, -0.05) is 11.6 Å². The van der Waals surface area contributed by atoms with Crippen LogP contribution in [0.25, 0.3) is 0 Å². The van der Waals surface area contributed by atoms with Crippen LogP contribution in [0.5, 0.6) is 0 Å². The van der Waals surface area contributed by atoms with Gasteiger partial charge >= 0.3 is 12.1 Å². The fourth-order valence-electron chi connectivity index (χ4n) is 1.75. The summed E-state index contributed by atoms with van der Waals surface area (Å²) in [5, 5.41) is 1.85. The van der Waals surface area contributed by atoms with Gasteiger partial charge in [0.05, 0.1) is 5.02 Å². The molecular formula is C12H10ClF4N3O3. The summed E-state index contributed by atoms with van der Waals surface area (Å²) in [5.41, 5.74) is 2.97. The number of carbonyl (C=O) groups excluding carboxylic acids is 2. The van der Waals surface area contributed by atoms with E-state index in [2.05, 4.69) is 9.72 Å². The maximum absolute atomic E-state index is 13.6. The number of nitrogens with one attached hydrogen (secondary N) is 1. The van der Waals surface area contributed by atoms with E-state index in [1.807, 2.05) is 5.32 Å². The summed E-state index contributed by atoms with van der Waals surface area (Å²) < 4.78 is 54.7. The Bertz CT molecular complexity index is 651. The van der Waals surface area contributed by atoms with Crippen molar-refractivity contribution >= 4 is 29.3 Å². The summed E-state index contributed by atoms with van der Waals surface area (Å²) in [6.07, 6.45) is -3.74. The van der Waals surface area contributed by atoms with Gasteiger partial charge in [0.2, 0.25) is 5.72 Å². The van der Waals surface area contributed by atoms with Gasteiger partial charge in [-0.25, -0.2) is 14.2 Å². The first-order valence-electron chi connectivity index (χ1n) is 6.25. The molecule has 23 heavy (non-hydrogen) atoms. The molecule has 1 aromatic rings. The van der Waals surface area contributed by atoms with Crippen LogP contribution >= 0.6 is 11.6 Å². The molecule has 0 bridgehead atoms. The normalized spacial score (nSPS) is 17.3. The van der Waals surface area contributed by atoms with Gasteiger partial charge in [0.1, 0.15) is 0 Å². The zero-order valence-corrected chi connectivity index (χ0v) is 12.0. The van der Waals surface area contributed by atoms with Crippen molar-refractivity contribution in [3.05, 3.63) is 23.1 Å². The number of nitrogens with two attached hydrogens (primary N) is 1. The SMILES string of the molecule is N[C@@](OC(=O)C(F)(F)F)(C(=O)Nc1ncc(Cl)cc1F)C1CC1. The lowest BCUT2D eigenvalue weighted by Crippen LogP contribution is -2.58. The Labute approximate surface area is 131 Å². The van der Waals surface area contributed by atoms with Crippen LogP contribution in [0.4, 0.5) is 23.4 Å². The minimum absolute atomic E-state index is 0.0507. The van der Waals surface area contributed by atoms with Crippen LogP contribution in [0.15, 0.2) is 12.3 Å². The third kappa shape index (κ3) is 3.88. The quantitative estimate of drug-likeness (QED) is 0.489. The van der Waals surface area contributed by atoms with E-state index in [4.69, 9.17) is 17.3 Å². The molecule has 3 N–H and O–H groups in total. The molecule has 1 atom stereocenters. The van der Waals surface area contributed by atoms with Crippen molar-refractivity contribution < 1.29 is 31.9 Å². The number of nitrogens with zero attached hydrogens (tertiary/aromatic N) is 1. The number of alkyl halides is 3. The maximum atomic E-state index is 13.6. The molecule has 6 nitrogen and oxygen atoms in total. The molecule has 0 aliphatic heterocycles. The van der Waals surface area contributed by atoms with E-state index in [1.165, 1.54) is 0 Å². The van der Waals surface area contributed by atoms with E-state index in [0.29, 0.717) is 0 Å². The van der Waals surface area contributed by atoms with Gasteiger partial charge in [-0.2, -0.15) is 13.2 Å². The second kappa shape index (κ2) is 5.93. The Morgan fingerprint density at radius 3 is 2.48 bits per heavy atom. The zero-order valence-electron chi connectivity index (χ0n) is 11.3. The zero-order chi connectivity index (χ0) is 17.4. The number of anilines is 1. The minimum atomic E-state index is -5.32. The maximum Gasteiger partial charge on any atom is 0.491 e. The van der Waals surface area contributed by atoms with Crippen LogP contribution in [0.1, 0.15) is 12.8 Å². The van der Waals surface area contributed by atoms with Gasteiger partial charge in [-0.05, 0) is 18.9 Å². The molecule has 0 unspecified atom stereocenters. The van der Waals surface area contributed by atoms with Crippen molar-refractivity contribution in [2.75, 3.05) is 5.32 Å². The number of ether oxygens (including phenoxy) is 1. The first kappa shape index (κ1) is 17.4. The van der Waals surface area contributed by atoms with Crippen molar-refractivity contribution in [2.45, 2.75) is 24.7 Å². The predicted molar refractivity (Wildman–Crippen MR) is 69.6 cm³/mol. The van der Waals surface area contributed by atoms with Gasteiger partial charge in [-0.15, -0.1) is 0 Å². The third-order valence-corrected chi connectivity index (χ3v) is 3.28. The molecule has 1 aliphatic carbocycles. The molecule has 0 aromatic carbocycles. The molecule has 0 saturated heterocycles. The average Bonchev–Trinajstić information content (AvgIpc) is 3.25. The molecule has 126 valence electrons. The smallest absolute Gasteiger partial charge is 0.427 e. The molecule has 11 heteroatoms. The Balaban J connectivity index is 2.20.